The van der Waals surface area contributed by atoms with Crippen LogP contribution in [0.15, 0.2) is 0 Å². The van der Waals surface area contributed by atoms with Gasteiger partial charge in [0.25, 0.3) is 0 Å². The first kappa shape index (κ1) is 16.1. The van der Waals surface area contributed by atoms with Gasteiger partial charge in [0.05, 0.1) is 11.7 Å². The van der Waals surface area contributed by atoms with Crippen LogP contribution in [-0.4, -0.2) is 16.7 Å². The van der Waals surface area contributed by atoms with Gasteiger partial charge in [-0.15, -0.1) is 0 Å². The lowest BCUT2D eigenvalue weighted by Crippen LogP contribution is -2.39. The minimum absolute atomic E-state index is 0.122. The predicted molar refractivity (Wildman–Crippen MR) is 90.8 cm³/mol. The van der Waals surface area contributed by atoms with Gasteiger partial charge in [-0.05, 0) is 63.0 Å². The van der Waals surface area contributed by atoms with Crippen LogP contribution in [0.1, 0.15) is 82.9 Å². The van der Waals surface area contributed by atoms with Crippen molar-refractivity contribution >= 4 is 0 Å². The molecular weight excluding hydrogens is 272 g/mol. The molecule has 0 radical (unpaired) electrons. The Kier molecular flexibility index (Phi) is 3.73. The van der Waals surface area contributed by atoms with E-state index in [0.717, 1.165) is 0 Å². The normalized spacial score (nSPS) is 23.3. The summed E-state index contributed by atoms with van der Waals surface area (Å²) in [7, 11) is 2.10. The summed E-state index contributed by atoms with van der Waals surface area (Å²) in [6.07, 6.45) is 5.11. The third-order valence-corrected chi connectivity index (χ3v) is 5.15. The van der Waals surface area contributed by atoms with Crippen molar-refractivity contribution in [1.82, 2.24) is 9.63 Å². The lowest BCUT2D eigenvalue weighted by molar-refractivity contribution is -0.213. The molecular formula is C19H32N2O. The Morgan fingerprint density at radius 2 is 1.59 bits per heavy atom. The minimum Gasteiger partial charge on any atom is -0.341 e. The second kappa shape index (κ2) is 5.10. The Morgan fingerprint density at radius 3 is 2.18 bits per heavy atom. The van der Waals surface area contributed by atoms with E-state index in [2.05, 4.69) is 58.2 Å². The third kappa shape index (κ3) is 2.43. The number of hydrogen-bond donors (Lipinski definition) is 0. The molecule has 3 nitrogen and oxygen atoms in total. The van der Waals surface area contributed by atoms with Crippen LogP contribution in [-0.2, 0) is 29.8 Å². The van der Waals surface area contributed by atoms with E-state index < -0.39 is 0 Å². The second-order valence-corrected chi connectivity index (χ2v) is 9.09. The molecule has 0 N–H and O–H groups in total. The van der Waals surface area contributed by atoms with E-state index in [-0.39, 0.29) is 11.0 Å². The molecule has 0 saturated heterocycles. The maximum Gasteiger partial charge on any atom is 0.109 e. The quantitative estimate of drug-likeness (QED) is 0.697. The number of hydroxylamine groups is 2. The van der Waals surface area contributed by atoms with Crippen molar-refractivity contribution in [2.45, 2.75) is 85.4 Å². The van der Waals surface area contributed by atoms with E-state index in [1.807, 2.05) is 0 Å². The van der Waals surface area contributed by atoms with Crippen molar-refractivity contribution in [2.24, 2.45) is 5.41 Å². The van der Waals surface area contributed by atoms with Gasteiger partial charge in [0.1, 0.15) is 6.61 Å². The van der Waals surface area contributed by atoms with Crippen LogP contribution in [0, 0.1) is 5.41 Å². The van der Waals surface area contributed by atoms with Crippen LogP contribution < -0.4 is 0 Å². The van der Waals surface area contributed by atoms with E-state index >= 15 is 0 Å². The number of hydrogen-bond acceptors (Lipinski definition) is 2. The fourth-order valence-corrected chi connectivity index (χ4v) is 4.56. The molecule has 1 aromatic heterocycles. The van der Waals surface area contributed by atoms with Crippen LogP contribution >= 0.6 is 0 Å². The first-order valence-corrected chi connectivity index (χ1v) is 8.74. The van der Waals surface area contributed by atoms with Gasteiger partial charge in [-0.1, -0.05) is 20.8 Å². The molecule has 0 amide bonds. The van der Waals surface area contributed by atoms with Gasteiger partial charge in [0.15, 0.2) is 0 Å². The minimum atomic E-state index is 0.122. The van der Waals surface area contributed by atoms with Crippen LogP contribution in [0.4, 0.5) is 0 Å². The number of nitrogens with zero attached hydrogens (tertiary/aromatic N) is 2. The Labute approximate surface area is 135 Å². The molecule has 124 valence electrons. The topological polar surface area (TPSA) is 17.4 Å². The Hall–Kier alpha value is -0.800. The van der Waals surface area contributed by atoms with Gasteiger partial charge < -0.3 is 4.57 Å². The number of fused-ring (bicyclic) bond motifs is 3. The Bertz CT molecular complexity index is 572. The summed E-state index contributed by atoms with van der Waals surface area (Å²) in [5.74, 6) is 0. The zero-order valence-electron chi connectivity index (χ0n) is 15.4. The molecule has 2 aliphatic rings. The van der Waals surface area contributed by atoms with Gasteiger partial charge in [0.2, 0.25) is 0 Å². The summed E-state index contributed by atoms with van der Waals surface area (Å²) < 4.78 is 2.60. The molecule has 1 atom stereocenters. The third-order valence-electron chi connectivity index (χ3n) is 5.15. The molecule has 3 rings (SSSR count). The fraction of sp³-hybridized carbons (Fsp3) is 0.789. The summed E-state index contributed by atoms with van der Waals surface area (Å²) in [4.78, 5) is 6.07. The standard InChI is InChI=1S/C19H32N2O/c1-18(2,3)17-16-13-10-8-9-11-14(13)21(19(4,5)6)15(16)12-22-20(17)7/h17H,8-12H2,1-7H3. The molecule has 2 heterocycles. The van der Waals surface area contributed by atoms with Gasteiger partial charge in [-0.25, -0.2) is 0 Å². The SMILES string of the molecule is CN1OCc2c(c3c(n2C(C)(C)C)CCCC3)C1C(C)(C)C. The van der Waals surface area contributed by atoms with E-state index in [4.69, 9.17) is 4.84 Å². The Balaban J connectivity index is 2.27. The van der Waals surface area contributed by atoms with Gasteiger partial charge in [0, 0.05) is 18.3 Å². The molecule has 1 unspecified atom stereocenters. The van der Waals surface area contributed by atoms with Crippen LogP contribution in [0.3, 0.4) is 0 Å². The van der Waals surface area contributed by atoms with Crippen LogP contribution in [0.2, 0.25) is 0 Å². The summed E-state index contributed by atoms with van der Waals surface area (Å²) in [5, 5.41) is 2.10. The average molecular weight is 304 g/mol. The summed E-state index contributed by atoms with van der Waals surface area (Å²) in [6, 6.07) is 0.340. The first-order valence-electron chi connectivity index (χ1n) is 8.74. The van der Waals surface area contributed by atoms with Crippen molar-refractivity contribution in [2.75, 3.05) is 7.05 Å². The van der Waals surface area contributed by atoms with Gasteiger partial charge in [-0.2, -0.15) is 5.06 Å². The monoisotopic (exact) mass is 304 g/mol. The molecule has 0 fully saturated rings. The van der Waals surface area contributed by atoms with Crippen LogP contribution in [0.5, 0.6) is 0 Å². The highest BCUT2D eigenvalue weighted by atomic mass is 16.7. The predicted octanol–water partition coefficient (Wildman–Crippen LogP) is 4.59. The molecule has 3 heteroatoms. The summed E-state index contributed by atoms with van der Waals surface area (Å²) >= 11 is 0. The lowest BCUT2D eigenvalue weighted by Gasteiger charge is -2.42. The van der Waals surface area contributed by atoms with Crippen molar-refractivity contribution in [3.8, 4) is 0 Å². The average Bonchev–Trinajstić information content (AvgIpc) is 2.71. The number of aromatic nitrogens is 1. The van der Waals surface area contributed by atoms with E-state index in [1.165, 1.54) is 31.4 Å². The lowest BCUT2D eigenvalue weighted by atomic mass is 9.78. The van der Waals surface area contributed by atoms with Gasteiger partial charge >= 0.3 is 0 Å². The van der Waals surface area contributed by atoms with Gasteiger partial charge in [-0.3, -0.25) is 4.84 Å². The highest BCUT2D eigenvalue weighted by Crippen LogP contribution is 2.48. The zero-order chi connectivity index (χ0) is 16.3. The van der Waals surface area contributed by atoms with Crippen LogP contribution in [0.25, 0.3) is 0 Å². The van der Waals surface area contributed by atoms with Crippen molar-refractivity contribution in [1.29, 1.82) is 0 Å². The molecule has 0 bridgehead atoms. The van der Waals surface area contributed by atoms with E-state index in [9.17, 15) is 0 Å². The van der Waals surface area contributed by atoms with E-state index in [1.54, 1.807) is 16.8 Å². The molecule has 0 spiro atoms. The number of rotatable bonds is 0. The molecule has 22 heavy (non-hydrogen) atoms. The largest absolute Gasteiger partial charge is 0.341 e. The smallest absolute Gasteiger partial charge is 0.109 e. The van der Waals surface area contributed by atoms with E-state index in [0.29, 0.717) is 12.6 Å². The summed E-state index contributed by atoms with van der Waals surface area (Å²) in [6.45, 7) is 14.7. The summed E-state index contributed by atoms with van der Waals surface area (Å²) in [5.41, 5.74) is 6.50. The fourth-order valence-electron chi connectivity index (χ4n) is 4.56. The highest BCUT2D eigenvalue weighted by Gasteiger charge is 2.42. The van der Waals surface area contributed by atoms with Crippen molar-refractivity contribution < 1.29 is 4.84 Å². The molecule has 1 aromatic rings. The maximum absolute atomic E-state index is 6.07. The van der Waals surface area contributed by atoms with Crippen molar-refractivity contribution in [3.63, 3.8) is 0 Å². The molecule has 0 saturated carbocycles. The highest BCUT2D eigenvalue weighted by molar-refractivity contribution is 5.44. The Morgan fingerprint density at radius 1 is 0.955 bits per heavy atom. The molecule has 1 aliphatic carbocycles. The maximum atomic E-state index is 6.07. The molecule has 0 aromatic carbocycles. The first-order chi connectivity index (χ1) is 10.1. The van der Waals surface area contributed by atoms with Crippen molar-refractivity contribution in [3.05, 3.63) is 22.5 Å². The zero-order valence-corrected chi connectivity index (χ0v) is 15.4. The molecule has 1 aliphatic heterocycles. The second-order valence-electron chi connectivity index (χ2n) is 9.09.